The molecule has 144 valence electrons. The maximum absolute atomic E-state index is 12.0. The van der Waals surface area contributed by atoms with E-state index in [1.807, 2.05) is 0 Å². The molecule has 2 N–H and O–H groups in total. The third-order valence-electron chi connectivity index (χ3n) is 4.85. The molecule has 0 saturated carbocycles. The smallest absolute Gasteiger partial charge is 0.313 e. The average Bonchev–Trinajstić information content (AvgIpc) is 2.72. The summed E-state index contributed by atoms with van der Waals surface area (Å²) in [5.74, 6) is -1.31. The zero-order chi connectivity index (χ0) is 19.8. The molecule has 0 aromatic heterocycles. The zero-order valence-electron chi connectivity index (χ0n) is 15.8. The maximum Gasteiger partial charge on any atom is 0.313 e. The third kappa shape index (κ3) is 5.41. The van der Waals surface area contributed by atoms with Crippen LogP contribution in [0.4, 0.5) is 5.69 Å². The van der Waals surface area contributed by atoms with Crippen LogP contribution in [-0.4, -0.2) is 36.3 Å². The molecule has 0 spiro atoms. The Morgan fingerprint density at radius 2 is 1.79 bits per heavy atom. The molecule has 1 aliphatic rings. The number of rotatable bonds is 6. The predicted octanol–water partition coefficient (Wildman–Crippen LogP) is 2.26. The van der Waals surface area contributed by atoms with Gasteiger partial charge in [-0.3, -0.25) is 14.5 Å². The number of anilines is 1. The van der Waals surface area contributed by atoms with Gasteiger partial charge in [0.15, 0.2) is 0 Å². The summed E-state index contributed by atoms with van der Waals surface area (Å²) < 4.78 is 0. The Labute approximate surface area is 165 Å². The van der Waals surface area contributed by atoms with Crippen molar-refractivity contribution in [1.29, 1.82) is 5.26 Å². The first-order chi connectivity index (χ1) is 13.7. The van der Waals surface area contributed by atoms with Gasteiger partial charge in [-0.15, -0.1) is 0 Å². The van der Waals surface area contributed by atoms with Gasteiger partial charge < -0.3 is 10.6 Å². The maximum atomic E-state index is 12.0. The number of hydrogen-bond donors (Lipinski definition) is 2. The predicted molar refractivity (Wildman–Crippen MR) is 107 cm³/mol. The van der Waals surface area contributed by atoms with Gasteiger partial charge in [-0.25, -0.2) is 0 Å². The number of benzene rings is 2. The molecular weight excluding hydrogens is 352 g/mol. The fraction of sp³-hybridized carbons (Fsp3) is 0.318. The van der Waals surface area contributed by atoms with Crippen molar-refractivity contribution in [2.24, 2.45) is 0 Å². The molecule has 1 heterocycles. The molecule has 2 amide bonds. The SMILES string of the molecule is N#CCc1ccc(NC(=O)C(=O)NCCCN2CCc3ccccc3C2)cc1. The van der Waals surface area contributed by atoms with E-state index in [9.17, 15) is 9.59 Å². The highest BCUT2D eigenvalue weighted by Gasteiger charge is 2.16. The number of hydrogen-bond acceptors (Lipinski definition) is 4. The monoisotopic (exact) mass is 376 g/mol. The van der Waals surface area contributed by atoms with Crippen molar-refractivity contribution >= 4 is 17.5 Å². The minimum absolute atomic E-state index is 0.317. The van der Waals surface area contributed by atoms with Gasteiger partial charge in [0, 0.05) is 31.9 Å². The lowest BCUT2D eigenvalue weighted by Gasteiger charge is -2.28. The van der Waals surface area contributed by atoms with E-state index in [0.717, 1.165) is 38.0 Å². The Morgan fingerprint density at radius 3 is 2.54 bits per heavy atom. The van der Waals surface area contributed by atoms with Gasteiger partial charge in [0.05, 0.1) is 12.5 Å². The second kappa shape index (κ2) is 9.67. The van der Waals surface area contributed by atoms with Crippen LogP contribution in [-0.2, 0) is 29.0 Å². The standard InChI is InChI=1S/C22H24N4O2/c23-12-10-17-6-8-20(9-7-17)25-22(28)21(27)24-13-3-14-26-15-11-18-4-1-2-5-19(18)16-26/h1-2,4-9H,3,10-11,13-16H2,(H,24,27)(H,25,28). The Balaban J connectivity index is 1.36. The van der Waals surface area contributed by atoms with Gasteiger partial charge in [0.2, 0.25) is 0 Å². The summed E-state index contributed by atoms with van der Waals surface area (Å²) in [6, 6.07) is 17.4. The van der Waals surface area contributed by atoms with Crippen molar-refractivity contribution in [3.05, 3.63) is 65.2 Å². The third-order valence-corrected chi connectivity index (χ3v) is 4.85. The Bertz CT molecular complexity index is 871. The van der Waals surface area contributed by atoms with E-state index in [-0.39, 0.29) is 0 Å². The lowest BCUT2D eigenvalue weighted by molar-refractivity contribution is -0.136. The molecule has 0 unspecified atom stereocenters. The molecular formula is C22H24N4O2. The van der Waals surface area contributed by atoms with E-state index in [1.165, 1.54) is 11.1 Å². The quantitative estimate of drug-likeness (QED) is 0.598. The molecule has 3 rings (SSSR count). The number of amides is 2. The summed E-state index contributed by atoms with van der Waals surface area (Å²) in [4.78, 5) is 26.3. The molecule has 2 aromatic rings. The number of carbonyl (C=O) groups excluding carboxylic acids is 2. The van der Waals surface area contributed by atoms with E-state index in [0.29, 0.717) is 18.7 Å². The molecule has 0 radical (unpaired) electrons. The van der Waals surface area contributed by atoms with Crippen LogP contribution in [0.2, 0.25) is 0 Å². The highest BCUT2D eigenvalue weighted by molar-refractivity contribution is 6.39. The van der Waals surface area contributed by atoms with E-state index >= 15 is 0 Å². The van der Waals surface area contributed by atoms with Crippen LogP contribution in [0.25, 0.3) is 0 Å². The van der Waals surface area contributed by atoms with Crippen LogP contribution in [0.1, 0.15) is 23.1 Å². The topological polar surface area (TPSA) is 85.2 Å². The fourth-order valence-electron chi connectivity index (χ4n) is 3.31. The molecule has 0 fully saturated rings. The molecule has 0 aliphatic carbocycles. The van der Waals surface area contributed by atoms with Crippen molar-refractivity contribution in [3.63, 3.8) is 0 Å². The lowest BCUT2D eigenvalue weighted by atomic mass is 10.00. The normalized spacial score (nSPS) is 13.2. The van der Waals surface area contributed by atoms with Crippen LogP contribution in [0.3, 0.4) is 0 Å². The summed E-state index contributed by atoms with van der Waals surface area (Å²) in [6.07, 6.45) is 2.17. The van der Waals surface area contributed by atoms with Gasteiger partial charge >= 0.3 is 11.8 Å². The summed E-state index contributed by atoms with van der Waals surface area (Å²) in [6.45, 7) is 3.31. The van der Waals surface area contributed by atoms with Crippen molar-refractivity contribution < 1.29 is 9.59 Å². The molecule has 0 atom stereocenters. The number of nitrogens with zero attached hydrogens (tertiary/aromatic N) is 2. The minimum Gasteiger partial charge on any atom is -0.348 e. The van der Waals surface area contributed by atoms with Crippen molar-refractivity contribution in [2.75, 3.05) is 25.0 Å². The molecule has 6 nitrogen and oxygen atoms in total. The van der Waals surface area contributed by atoms with Crippen molar-refractivity contribution in [1.82, 2.24) is 10.2 Å². The number of carbonyl (C=O) groups is 2. The average molecular weight is 376 g/mol. The number of nitriles is 1. The molecule has 6 heteroatoms. The molecule has 2 aromatic carbocycles. The van der Waals surface area contributed by atoms with Crippen LogP contribution in [0.5, 0.6) is 0 Å². The van der Waals surface area contributed by atoms with Gasteiger partial charge in [-0.2, -0.15) is 5.26 Å². The number of fused-ring (bicyclic) bond motifs is 1. The van der Waals surface area contributed by atoms with E-state index in [1.54, 1.807) is 24.3 Å². The zero-order valence-corrected chi connectivity index (χ0v) is 15.8. The first kappa shape index (κ1) is 19.6. The summed E-state index contributed by atoms with van der Waals surface area (Å²) in [7, 11) is 0. The first-order valence-electron chi connectivity index (χ1n) is 9.50. The van der Waals surface area contributed by atoms with Crippen molar-refractivity contribution in [2.45, 2.75) is 25.8 Å². The van der Waals surface area contributed by atoms with E-state index in [2.05, 4.69) is 45.9 Å². The second-order valence-corrected chi connectivity index (χ2v) is 6.89. The second-order valence-electron chi connectivity index (χ2n) is 6.89. The lowest BCUT2D eigenvalue weighted by Crippen LogP contribution is -2.38. The summed E-state index contributed by atoms with van der Waals surface area (Å²) >= 11 is 0. The molecule has 28 heavy (non-hydrogen) atoms. The fourth-order valence-corrected chi connectivity index (χ4v) is 3.31. The van der Waals surface area contributed by atoms with E-state index in [4.69, 9.17) is 5.26 Å². The van der Waals surface area contributed by atoms with Crippen LogP contribution in [0.15, 0.2) is 48.5 Å². The highest BCUT2D eigenvalue weighted by atomic mass is 16.2. The molecule has 0 saturated heterocycles. The molecule has 0 bridgehead atoms. The van der Waals surface area contributed by atoms with E-state index < -0.39 is 11.8 Å². The summed E-state index contributed by atoms with van der Waals surface area (Å²) in [5, 5.41) is 13.9. The molecule has 1 aliphatic heterocycles. The van der Waals surface area contributed by atoms with Gasteiger partial charge in [-0.1, -0.05) is 36.4 Å². The van der Waals surface area contributed by atoms with Crippen LogP contribution >= 0.6 is 0 Å². The van der Waals surface area contributed by atoms with Crippen molar-refractivity contribution in [3.8, 4) is 6.07 Å². The van der Waals surface area contributed by atoms with Crippen LogP contribution in [0, 0.1) is 11.3 Å². The Morgan fingerprint density at radius 1 is 1.04 bits per heavy atom. The first-order valence-corrected chi connectivity index (χ1v) is 9.50. The van der Waals surface area contributed by atoms with Gasteiger partial charge in [0.1, 0.15) is 0 Å². The minimum atomic E-state index is -0.681. The largest absolute Gasteiger partial charge is 0.348 e. The Kier molecular flexibility index (Phi) is 6.77. The van der Waals surface area contributed by atoms with Crippen LogP contribution < -0.4 is 10.6 Å². The summed E-state index contributed by atoms with van der Waals surface area (Å²) in [5.41, 5.74) is 4.20. The van der Waals surface area contributed by atoms with Gasteiger partial charge in [-0.05, 0) is 41.7 Å². The van der Waals surface area contributed by atoms with Gasteiger partial charge in [0.25, 0.3) is 0 Å². The highest BCUT2D eigenvalue weighted by Crippen LogP contribution is 2.18. The Hall–Kier alpha value is -3.17. The number of nitrogens with one attached hydrogen (secondary N) is 2.